The Kier molecular flexibility index (Phi) is 4.50. The van der Waals surface area contributed by atoms with Crippen LogP contribution in [0.5, 0.6) is 5.75 Å². The van der Waals surface area contributed by atoms with Crippen LogP contribution in [-0.2, 0) is 4.74 Å². The highest BCUT2D eigenvalue weighted by atomic mass is 79.9. The molecule has 1 aromatic heterocycles. The summed E-state index contributed by atoms with van der Waals surface area (Å²) in [6.07, 6.45) is 3.37. The minimum Gasteiger partial charge on any atom is -0.480 e. The van der Waals surface area contributed by atoms with E-state index >= 15 is 0 Å². The van der Waals surface area contributed by atoms with Crippen LogP contribution in [0.15, 0.2) is 22.7 Å². The Balaban J connectivity index is 1.85. The van der Waals surface area contributed by atoms with Crippen molar-refractivity contribution in [2.45, 2.75) is 31.3 Å². The fourth-order valence-corrected chi connectivity index (χ4v) is 2.82. The molecule has 1 aromatic carbocycles. The van der Waals surface area contributed by atoms with Crippen LogP contribution in [0.3, 0.4) is 0 Å². The molecule has 2 aromatic rings. The SMILES string of the molecule is COCC(Oc1ccc(Br)cc1C1CCC1)c1nnn[nH]1. The van der Waals surface area contributed by atoms with Gasteiger partial charge in [0.15, 0.2) is 11.9 Å². The van der Waals surface area contributed by atoms with Crippen molar-refractivity contribution >= 4 is 15.9 Å². The van der Waals surface area contributed by atoms with Crippen LogP contribution >= 0.6 is 15.9 Å². The van der Waals surface area contributed by atoms with Crippen LogP contribution in [0.1, 0.15) is 42.7 Å². The first kappa shape index (κ1) is 14.5. The van der Waals surface area contributed by atoms with Crippen molar-refractivity contribution < 1.29 is 9.47 Å². The predicted octanol–water partition coefficient (Wildman–Crippen LogP) is 3.00. The largest absolute Gasteiger partial charge is 0.480 e. The number of rotatable bonds is 6. The Hall–Kier alpha value is -1.47. The van der Waals surface area contributed by atoms with Gasteiger partial charge >= 0.3 is 0 Å². The summed E-state index contributed by atoms with van der Waals surface area (Å²) in [5.74, 6) is 2.02. The molecule has 3 rings (SSSR count). The summed E-state index contributed by atoms with van der Waals surface area (Å²) in [5, 5.41) is 13.9. The molecule has 0 aliphatic heterocycles. The van der Waals surface area contributed by atoms with Gasteiger partial charge in [0.25, 0.3) is 0 Å². The van der Waals surface area contributed by atoms with Crippen LogP contribution in [0.4, 0.5) is 0 Å². The van der Waals surface area contributed by atoms with Crippen molar-refractivity contribution in [1.29, 1.82) is 0 Å². The third-order valence-corrected chi connectivity index (χ3v) is 4.26. The molecule has 1 atom stereocenters. The molecular weight excluding hydrogens is 336 g/mol. The lowest BCUT2D eigenvalue weighted by atomic mass is 9.80. The second-order valence-corrected chi connectivity index (χ2v) is 6.07. The molecule has 1 aliphatic carbocycles. The van der Waals surface area contributed by atoms with Crippen LogP contribution in [0.25, 0.3) is 0 Å². The van der Waals surface area contributed by atoms with Gasteiger partial charge in [0.1, 0.15) is 5.75 Å². The van der Waals surface area contributed by atoms with E-state index in [9.17, 15) is 0 Å². The fraction of sp³-hybridized carbons (Fsp3) is 0.500. The summed E-state index contributed by atoms with van der Waals surface area (Å²) in [6, 6.07) is 6.12. The van der Waals surface area contributed by atoms with Crippen molar-refractivity contribution in [1.82, 2.24) is 20.6 Å². The lowest BCUT2D eigenvalue weighted by molar-refractivity contribution is 0.0743. The highest BCUT2D eigenvalue weighted by Gasteiger charge is 2.25. The molecular formula is C14H17BrN4O2. The zero-order valence-corrected chi connectivity index (χ0v) is 13.3. The highest BCUT2D eigenvalue weighted by Crippen LogP contribution is 2.42. The van der Waals surface area contributed by atoms with Crippen LogP contribution in [-0.4, -0.2) is 34.3 Å². The Morgan fingerprint density at radius 1 is 1.43 bits per heavy atom. The van der Waals surface area contributed by atoms with Crippen molar-refractivity contribution in [3.63, 3.8) is 0 Å². The molecule has 7 heteroatoms. The maximum absolute atomic E-state index is 6.12. The topological polar surface area (TPSA) is 72.9 Å². The number of hydrogen-bond donors (Lipinski definition) is 1. The second-order valence-electron chi connectivity index (χ2n) is 5.16. The number of aromatic nitrogens is 4. The predicted molar refractivity (Wildman–Crippen MR) is 80.2 cm³/mol. The first-order chi connectivity index (χ1) is 10.3. The van der Waals surface area contributed by atoms with Gasteiger partial charge in [-0.1, -0.05) is 22.4 Å². The first-order valence-corrected chi connectivity index (χ1v) is 7.76. The molecule has 0 spiro atoms. The molecule has 112 valence electrons. The quantitative estimate of drug-likeness (QED) is 0.864. The number of benzene rings is 1. The molecule has 1 N–H and O–H groups in total. The van der Waals surface area contributed by atoms with E-state index in [-0.39, 0.29) is 6.10 Å². The van der Waals surface area contributed by atoms with E-state index in [0.29, 0.717) is 18.3 Å². The summed E-state index contributed by atoms with van der Waals surface area (Å²) < 4.78 is 12.4. The van der Waals surface area contributed by atoms with Crippen LogP contribution < -0.4 is 4.74 Å². The molecule has 1 saturated carbocycles. The van der Waals surface area contributed by atoms with Crippen LogP contribution in [0.2, 0.25) is 0 Å². The average Bonchev–Trinajstić information content (AvgIpc) is 2.93. The van der Waals surface area contributed by atoms with Gasteiger partial charge in [0.05, 0.1) is 6.61 Å². The van der Waals surface area contributed by atoms with Crippen molar-refractivity contribution in [2.24, 2.45) is 0 Å². The number of nitrogens with zero attached hydrogens (tertiary/aromatic N) is 3. The number of ether oxygens (including phenoxy) is 2. The van der Waals surface area contributed by atoms with Gasteiger partial charge in [-0.2, -0.15) is 0 Å². The summed E-state index contributed by atoms with van der Waals surface area (Å²) in [5.41, 5.74) is 1.24. The molecule has 1 heterocycles. The van der Waals surface area contributed by atoms with Crippen molar-refractivity contribution in [2.75, 3.05) is 13.7 Å². The lowest BCUT2D eigenvalue weighted by Crippen LogP contribution is -2.18. The molecule has 1 aliphatic rings. The molecule has 6 nitrogen and oxygen atoms in total. The average molecular weight is 353 g/mol. The van der Waals surface area contributed by atoms with E-state index in [1.165, 1.54) is 24.8 Å². The third kappa shape index (κ3) is 3.24. The van der Waals surface area contributed by atoms with E-state index in [2.05, 4.69) is 42.6 Å². The molecule has 0 radical (unpaired) electrons. The second kappa shape index (κ2) is 6.53. The Labute approximate surface area is 131 Å². The van der Waals surface area contributed by atoms with Gasteiger partial charge < -0.3 is 9.47 Å². The molecule has 0 saturated heterocycles. The van der Waals surface area contributed by atoms with Gasteiger partial charge in [0.2, 0.25) is 0 Å². The molecule has 1 fully saturated rings. The minimum absolute atomic E-state index is 0.343. The normalized spacial score (nSPS) is 16.5. The lowest BCUT2D eigenvalue weighted by Gasteiger charge is -2.29. The maximum atomic E-state index is 6.12. The maximum Gasteiger partial charge on any atom is 0.192 e. The van der Waals surface area contributed by atoms with E-state index < -0.39 is 0 Å². The van der Waals surface area contributed by atoms with E-state index in [1.807, 2.05) is 12.1 Å². The smallest absolute Gasteiger partial charge is 0.192 e. The number of nitrogens with one attached hydrogen (secondary N) is 1. The third-order valence-electron chi connectivity index (χ3n) is 3.77. The Bertz CT molecular complexity index is 587. The van der Waals surface area contributed by atoms with Gasteiger partial charge in [0, 0.05) is 11.6 Å². The summed E-state index contributed by atoms with van der Waals surface area (Å²) in [7, 11) is 1.63. The summed E-state index contributed by atoms with van der Waals surface area (Å²) >= 11 is 3.53. The fourth-order valence-electron chi connectivity index (χ4n) is 2.44. The number of methoxy groups -OCH3 is 1. The molecule has 1 unspecified atom stereocenters. The van der Waals surface area contributed by atoms with E-state index in [1.54, 1.807) is 7.11 Å². The van der Waals surface area contributed by atoms with Gasteiger partial charge in [-0.15, -0.1) is 5.10 Å². The van der Waals surface area contributed by atoms with Gasteiger partial charge in [-0.05, 0) is 52.9 Å². The number of halogens is 1. The number of tetrazole rings is 1. The first-order valence-electron chi connectivity index (χ1n) is 6.96. The zero-order chi connectivity index (χ0) is 14.7. The standard InChI is InChI=1S/C14H17BrN4O2/c1-20-8-13(14-16-18-19-17-14)21-12-6-5-10(15)7-11(12)9-3-2-4-9/h5-7,9,13H,2-4,8H2,1H3,(H,16,17,18,19). The van der Waals surface area contributed by atoms with Crippen molar-refractivity contribution in [3.05, 3.63) is 34.1 Å². The van der Waals surface area contributed by atoms with Crippen molar-refractivity contribution in [3.8, 4) is 5.75 Å². The minimum atomic E-state index is -0.343. The van der Waals surface area contributed by atoms with Crippen LogP contribution in [0, 0.1) is 0 Å². The monoisotopic (exact) mass is 352 g/mol. The van der Waals surface area contributed by atoms with Gasteiger partial charge in [-0.3, -0.25) is 0 Å². The Morgan fingerprint density at radius 2 is 2.29 bits per heavy atom. The van der Waals surface area contributed by atoms with E-state index in [0.717, 1.165) is 10.2 Å². The molecule has 0 amide bonds. The zero-order valence-electron chi connectivity index (χ0n) is 11.8. The molecule has 0 bridgehead atoms. The Morgan fingerprint density at radius 3 is 2.90 bits per heavy atom. The van der Waals surface area contributed by atoms with E-state index in [4.69, 9.17) is 9.47 Å². The summed E-state index contributed by atoms with van der Waals surface area (Å²) in [6.45, 7) is 0.386. The molecule has 21 heavy (non-hydrogen) atoms. The number of aromatic amines is 1. The highest BCUT2D eigenvalue weighted by molar-refractivity contribution is 9.10. The van der Waals surface area contributed by atoms with Gasteiger partial charge in [-0.25, -0.2) is 5.10 Å². The number of H-pyrrole nitrogens is 1. The number of hydrogen-bond acceptors (Lipinski definition) is 5. The summed E-state index contributed by atoms with van der Waals surface area (Å²) in [4.78, 5) is 0.